The first kappa shape index (κ1) is 25.0. The number of benzene rings is 1. The van der Waals surface area contributed by atoms with Gasteiger partial charge in [0.05, 0.1) is 24.3 Å². The Balaban J connectivity index is 1.98. The van der Waals surface area contributed by atoms with Crippen LogP contribution >= 0.6 is 0 Å². The van der Waals surface area contributed by atoms with Crippen LogP contribution < -0.4 is 0 Å². The summed E-state index contributed by atoms with van der Waals surface area (Å²) in [4.78, 5) is 50.0. The van der Waals surface area contributed by atoms with Gasteiger partial charge in [-0.2, -0.15) is 0 Å². The molecule has 0 spiro atoms. The molecule has 172 valence electrons. The quantitative estimate of drug-likeness (QED) is 0.197. The number of fused-ring (bicyclic) bond motifs is 1. The predicted molar refractivity (Wildman–Crippen MR) is 120 cm³/mol. The van der Waals surface area contributed by atoms with E-state index in [-0.39, 0.29) is 29.8 Å². The molecule has 2 rings (SSSR count). The third-order valence-corrected chi connectivity index (χ3v) is 5.09. The van der Waals surface area contributed by atoms with Gasteiger partial charge < -0.3 is 9.47 Å². The fourth-order valence-electron chi connectivity index (χ4n) is 3.62. The van der Waals surface area contributed by atoms with Crippen LogP contribution in [0, 0.1) is 0 Å². The average Bonchev–Trinajstić information content (AvgIpc) is 3.03. The lowest BCUT2D eigenvalue weighted by Crippen LogP contribution is -2.39. The van der Waals surface area contributed by atoms with Crippen molar-refractivity contribution in [3.63, 3.8) is 0 Å². The van der Waals surface area contributed by atoms with Crippen LogP contribution in [0.4, 0.5) is 0 Å². The Morgan fingerprint density at radius 2 is 1.28 bits per heavy atom. The minimum atomic E-state index is -0.377. The van der Waals surface area contributed by atoms with Crippen molar-refractivity contribution >= 4 is 23.8 Å². The summed E-state index contributed by atoms with van der Waals surface area (Å²) >= 11 is 0. The molecule has 0 saturated carbocycles. The molecular formula is C25H31NO6. The Bertz CT molecular complexity index is 804. The summed E-state index contributed by atoms with van der Waals surface area (Å²) in [7, 11) is 0. The molecule has 1 aliphatic rings. The van der Waals surface area contributed by atoms with E-state index < -0.39 is 0 Å². The number of carbonyl (C=O) groups is 4. The first-order valence-corrected chi connectivity index (χ1v) is 11.1. The molecular weight excluding hydrogens is 410 g/mol. The van der Waals surface area contributed by atoms with E-state index in [1.165, 1.54) is 17.1 Å². The molecule has 0 unspecified atom stereocenters. The number of rotatable bonds is 13. The van der Waals surface area contributed by atoms with Crippen molar-refractivity contribution in [1.29, 1.82) is 0 Å². The highest BCUT2D eigenvalue weighted by atomic mass is 16.5. The normalized spacial score (nSPS) is 13.4. The smallest absolute Gasteiger partial charge is 0.330 e. The minimum Gasteiger partial charge on any atom is -0.463 e. The molecule has 0 N–H and O–H groups in total. The second-order valence-electron chi connectivity index (χ2n) is 7.35. The van der Waals surface area contributed by atoms with Gasteiger partial charge >= 0.3 is 11.9 Å². The lowest BCUT2D eigenvalue weighted by molar-refractivity contribution is -0.138. The highest BCUT2D eigenvalue weighted by Gasteiger charge is 2.39. The molecule has 0 aliphatic carbocycles. The lowest BCUT2D eigenvalue weighted by Gasteiger charge is -2.26. The summed E-state index contributed by atoms with van der Waals surface area (Å²) in [5.41, 5.74) is 0.874. The van der Waals surface area contributed by atoms with Crippen LogP contribution in [0.2, 0.25) is 0 Å². The highest BCUT2D eigenvalue weighted by Crippen LogP contribution is 2.28. The molecule has 1 aliphatic heterocycles. The molecule has 7 heteroatoms. The number of allylic oxidation sites excluding steroid dienone is 2. The molecule has 1 aromatic rings. The summed E-state index contributed by atoms with van der Waals surface area (Å²) in [6.07, 6.45) is 10.3. The SMILES string of the molecule is CCOC(=O)/C=C/CCCC(CCC/C=C/C(=O)OCC)N1C(=O)c2ccccc2C1=O. The van der Waals surface area contributed by atoms with Crippen molar-refractivity contribution in [3.8, 4) is 0 Å². The molecule has 0 atom stereocenters. The Kier molecular flexibility index (Phi) is 10.4. The third-order valence-electron chi connectivity index (χ3n) is 5.09. The standard InChI is InChI=1S/C25H31NO6/c1-3-31-22(27)17-9-5-7-13-19(14-8-6-10-18-23(28)32-4-2)26-24(29)20-15-11-12-16-21(20)25(26)30/h9-12,15-19H,3-8,13-14H2,1-2H3/b17-9+,18-10+. The van der Waals surface area contributed by atoms with E-state index in [2.05, 4.69) is 0 Å². The Labute approximate surface area is 189 Å². The first-order valence-electron chi connectivity index (χ1n) is 11.1. The summed E-state index contributed by atoms with van der Waals surface area (Å²) in [6.45, 7) is 4.16. The van der Waals surface area contributed by atoms with Gasteiger partial charge in [0.2, 0.25) is 0 Å². The number of amides is 2. The topological polar surface area (TPSA) is 90.0 Å². The van der Waals surface area contributed by atoms with E-state index >= 15 is 0 Å². The van der Waals surface area contributed by atoms with Gasteiger partial charge in [-0.05, 0) is 64.5 Å². The van der Waals surface area contributed by atoms with Crippen molar-refractivity contribution < 1.29 is 28.7 Å². The molecule has 0 aromatic heterocycles. The monoisotopic (exact) mass is 441 g/mol. The van der Waals surface area contributed by atoms with Crippen LogP contribution in [0.5, 0.6) is 0 Å². The zero-order valence-electron chi connectivity index (χ0n) is 18.7. The van der Waals surface area contributed by atoms with Crippen molar-refractivity contribution in [2.75, 3.05) is 13.2 Å². The summed E-state index contributed by atoms with van der Waals surface area (Å²) in [5.74, 6) is -1.28. The van der Waals surface area contributed by atoms with E-state index in [0.29, 0.717) is 62.9 Å². The first-order chi connectivity index (χ1) is 15.5. The number of hydrogen-bond acceptors (Lipinski definition) is 6. The predicted octanol–water partition coefficient (Wildman–Crippen LogP) is 4.23. The molecule has 2 amide bonds. The number of unbranched alkanes of at least 4 members (excludes halogenated alkanes) is 2. The van der Waals surface area contributed by atoms with Gasteiger partial charge in [-0.25, -0.2) is 9.59 Å². The number of carbonyl (C=O) groups excluding carboxylic acids is 4. The van der Waals surface area contributed by atoms with Crippen molar-refractivity contribution in [2.24, 2.45) is 0 Å². The maximum absolute atomic E-state index is 12.9. The average molecular weight is 442 g/mol. The Morgan fingerprint density at radius 1 is 0.844 bits per heavy atom. The third kappa shape index (κ3) is 7.18. The van der Waals surface area contributed by atoms with Gasteiger partial charge in [0.25, 0.3) is 11.8 Å². The number of nitrogens with zero attached hydrogens (tertiary/aromatic N) is 1. The summed E-state index contributed by atoms with van der Waals surface area (Å²) < 4.78 is 9.72. The molecule has 1 aromatic carbocycles. The van der Waals surface area contributed by atoms with E-state index in [1.54, 1.807) is 50.3 Å². The molecule has 0 fully saturated rings. The van der Waals surface area contributed by atoms with E-state index in [4.69, 9.17) is 9.47 Å². The number of ether oxygens (including phenoxy) is 2. The number of esters is 2. The number of hydrogen-bond donors (Lipinski definition) is 0. The molecule has 1 heterocycles. The lowest BCUT2D eigenvalue weighted by atomic mass is 10.0. The molecule has 0 saturated heterocycles. The summed E-state index contributed by atoms with van der Waals surface area (Å²) in [5, 5.41) is 0. The van der Waals surface area contributed by atoms with Gasteiger partial charge in [-0.3, -0.25) is 14.5 Å². The van der Waals surface area contributed by atoms with Gasteiger partial charge in [0, 0.05) is 18.2 Å². The van der Waals surface area contributed by atoms with Crippen LogP contribution in [0.1, 0.15) is 73.1 Å². The molecule has 0 bridgehead atoms. The van der Waals surface area contributed by atoms with Crippen molar-refractivity contribution in [2.45, 2.75) is 58.4 Å². The van der Waals surface area contributed by atoms with Gasteiger partial charge in [0.15, 0.2) is 0 Å². The zero-order chi connectivity index (χ0) is 23.3. The fraction of sp³-hybridized carbons (Fsp3) is 0.440. The van der Waals surface area contributed by atoms with E-state index in [1.807, 2.05) is 0 Å². The number of imide groups is 1. The minimum absolute atomic E-state index is 0.255. The maximum atomic E-state index is 12.9. The van der Waals surface area contributed by atoms with Crippen LogP contribution in [-0.2, 0) is 19.1 Å². The highest BCUT2D eigenvalue weighted by molar-refractivity contribution is 6.21. The van der Waals surface area contributed by atoms with E-state index in [9.17, 15) is 19.2 Å². The second-order valence-corrected chi connectivity index (χ2v) is 7.35. The van der Waals surface area contributed by atoms with Crippen molar-refractivity contribution in [1.82, 2.24) is 4.90 Å². The molecule has 32 heavy (non-hydrogen) atoms. The van der Waals surface area contributed by atoms with Gasteiger partial charge in [0.1, 0.15) is 0 Å². The van der Waals surface area contributed by atoms with Crippen LogP contribution in [0.3, 0.4) is 0 Å². The summed E-state index contributed by atoms with van der Waals surface area (Å²) in [6, 6.07) is 6.61. The molecule has 0 radical (unpaired) electrons. The zero-order valence-corrected chi connectivity index (χ0v) is 18.7. The Morgan fingerprint density at radius 3 is 1.69 bits per heavy atom. The molecule has 7 nitrogen and oxygen atoms in total. The second kappa shape index (κ2) is 13.2. The maximum Gasteiger partial charge on any atom is 0.330 e. The van der Waals surface area contributed by atoms with Gasteiger partial charge in [-0.1, -0.05) is 24.3 Å². The largest absolute Gasteiger partial charge is 0.463 e. The van der Waals surface area contributed by atoms with Crippen LogP contribution in [0.15, 0.2) is 48.6 Å². The fourth-order valence-corrected chi connectivity index (χ4v) is 3.62. The van der Waals surface area contributed by atoms with Crippen molar-refractivity contribution in [3.05, 3.63) is 59.7 Å². The van der Waals surface area contributed by atoms with Crippen LogP contribution in [-0.4, -0.2) is 47.9 Å². The van der Waals surface area contributed by atoms with E-state index in [0.717, 1.165) is 0 Å². The Hall–Kier alpha value is -3.22. The van der Waals surface area contributed by atoms with Crippen LogP contribution in [0.25, 0.3) is 0 Å². The van der Waals surface area contributed by atoms with Gasteiger partial charge in [-0.15, -0.1) is 0 Å².